The average Bonchev–Trinajstić information content (AvgIpc) is 3.63. The van der Waals surface area contributed by atoms with E-state index in [0.29, 0.717) is 0 Å². The molecule has 0 aliphatic heterocycles. The van der Waals surface area contributed by atoms with Gasteiger partial charge >= 0.3 is 0 Å². The number of furan rings is 1. The Morgan fingerprint density at radius 1 is 0.278 bits per heavy atom. The van der Waals surface area contributed by atoms with Crippen LogP contribution >= 0.6 is 0 Å². The van der Waals surface area contributed by atoms with Gasteiger partial charge in [0.05, 0.1) is 0 Å². The monoisotopic (exact) mass is 687 g/mol. The fourth-order valence-electron chi connectivity index (χ4n) is 8.44. The molecule has 0 unspecified atom stereocenters. The Labute approximate surface area is 312 Å². The van der Waals surface area contributed by atoms with Gasteiger partial charge in [0.2, 0.25) is 0 Å². The second-order valence-electron chi connectivity index (χ2n) is 14.1. The molecule has 0 spiro atoms. The van der Waals surface area contributed by atoms with Crippen LogP contribution in [0.3, 0.4) is 0 Å². The van der Waals surface area contributed by atoms with Gasteiger partial charge in [0, 0.05) is 33.2 Å². The fraction of sp³-hybridized carbons (Fsp3) is 0. The molecule has 10 aromatic carbocycles. The summed E-state index contributed by atoms with van der Waals surface area (Å²) in [7, 11) is 0. The highest BCUT2D eigenvalue weighted by molar-refractivity contribution is 6.34. The summed E-state index contributed by atoms with van der Waals surface area (Å²) in [5.41, 5.74) is 9.97. The maximum Gasteiger partial charge on any atom is 0.136 e. The highest BCUT2D eigenvalue weighted by Gasteiger charge is 2.19. The Morgan fingerprint density at radius 2 is 0.796 bits per heavy atom. The summed E-state index contributed by atoms with van der Waals surface area (Å²) in [6, 6.07) is 72.3. The van der Waals surface area contributed by atoms with Crippen molar-refractivity contribution in [3.8, 4) is 22.3 Å². The third kappa shape index (κ3) is 4.88. The van der Waals surface area contributed by atoms with Gasteiger partial charge in [-0.2, -0.15) is 0 Å². The standard InChI is InChI=1S/C52H33NO/c1-2-10-34(11-3-1)36-18-20-37(21-19-36)38-22-25-40(26-23-38)53(41-27-24-35-12-4-5-13-39(35)32-41)42-28-29-44-43-14-6-7-15-45(43)51-46(48(44)33-42)30-31-50-52(51)47-16-8-9-17-49(47)54-50/h1-33H. The second kappa shape index (κ2) is 12.2. The number of hydrogen-bond acceptors (Lipinski definition) is 2. The number of rotatable bonds is 5. The quantitative estimate of drug-likeness (QED) is 0.168. The molecule has 0 saturated carbocycles. The van der Waals surface area contributed by atoms with Crippen molar-refractivity contribution in [3.05, 3.63) is 200 Å². The van der Waals surface area contributed by atoms with Crippen LogP contribution in [-0.2, 0) is 0 Å². The van der Waals surface area contributed by atoms with Crippen molar-refractivity contribution < 1.29 is 4.42 Å². The van der Waals surface area contributed by atoms with Crippen LogP contribution in [0.15, 0.2) is 205 Å². The van der Waals surface area contributed by atoms with Crippen molar-refractivity contribution in [2.24, 2.45) is 0 Å². The van der Waals surface area contributed by atoms with Gasteiger partial charge in [-0.25, -0.2) is 0 Å². The molecule has 2 heteroatoms. The maximum absolute atomic E-state index is 6.39. The van der Waals surface area contributed by atoms with Gasteiger partial charge in [0.1, 0.15) is 11.2 Å². The normalized spacial score (nSPS) is 11.7. The summed E-state index contributed by atoms with van der Waals surface area (Å²) in [4.78, 5) is 2.39. The van der Waals surface area contributed by atoms with Gasteiger partial charge in [-0.3, -0.25) is 0 Å². The molecule has 0 aliphatic carbocycles. The minimum atomic E-state index is 0.913. The van der Waals surface area contributed by atoms with Crippen LogP contribution in [0.2, 0.25) is 0 Å². The molecule has 0 amide bonds. The molecule has 2 nitrogen and oxygen atoms in total. The Hall–Kier alpha value is -7.16. The van der Waals surface area contributed by atoms with Crippen LogP contribution in [0.4, 0.5) is 17.1 Å². The SMILES string of the molecule is c1ccc(-c2ccc(-c3ccc(N(c4ccc5ccccc5c4)c4ccc5c6ccccc6c6c(ccc7oc8ccccc8c76)c5c4)cc3)cc2)cc1. The predicted molar refractivity (Wildman–Crippen MR) is 229 cm³/mol. The second-order valence-corrected chi connectivity index (χ2v) is 14.1. The van der Waals surface area contributed by atoms with Gasteiger partial charge in [0.25, 0.3) is 0 Å². The van der Waals surface area contributed by atoms with Gasteiger partial charge in [-0.05, 0) is 115 Å². The van der Waals surface area contributed by atoms with Crippen LogP contribution in [0.25, 0.3) is 87.3 Å². The predicted octanol–water partition coefficient (Wildman–Crippen LogP) is 15.0. The summed E-state index contributed by atoms with van der Waals surface area (Å²) in [6.45, 7) is 0. The van der Waals surface area contributed by atoms with E-state index in [9.17, 15) is 0 Å². The van der Waals surface area contributed by atoms with Crippen molar-refractivity contribution in [1.82, 2.24) is 0 Å². The van der Waals surface area contributed by atoms with Crippen LogP contribution in [0.1, 0.15) is 0 Å². The highest BCUT2D eigenvalue weighted by atomic mass is 16.3. The molecular weight excluding hydrogens is 655 g/mol. The summed E-state index contributed by atoms with van der Waals surface area (Å²) in [5.74, 6) is 0. The Morgan fingerprint density at radius 3 is 1.57 bits per heavy atom. The number of hydrogen-bond donors (Lipinski definition) is 0. The van der Waals surface area contributed by atoms with Crippen molar-refractivity contribution in [2.45, 2.75) is 0 Å². The molecule has 0 bridgehead atoms. The van der Waals surface area contributed by atoms with E-state index in [1.165, 1.54) is 70.7 Å². The van der Waals surface area contributed by atoms with Gasteiger partial charge in [-0.1, -0.05) is 146 Å². The topological polar surface area (TPSA) is 16.4 Å². The summed E-state index contributed by atoms with van der Waals surface area (Å²) in [5, 5.41) is 12.1. The van der Waals surface area contributed by atoms with Crippen LogP contribution in [0.5, 0.6) is 0 Å². The molecule has 54 heavy (non-hydrogen) atoms. The first-order chi connectivity index (χ1) is 26.8. The zero-order valence-electron chi connectivity index (χ0n) is 29.4. The van der Waals surface area contributed by atoms with Crippen molar-refractivity contribution >= 4 is 82.1 Å². The summed E-state index contributed by atoms with van der Waals surface area (Å²) >= 11 is 0. The Kier molecular flexibility index (Phi) is 6.90. The van der Waals surface area contributed by atoms with E-state index in [-0.39, 0.29) is 0 Å². The van der Waals surface area contributed by atoms with E-state index in [1.807, 2.05) is 6.07 Å². The summed E-state index contributed by atoms with van der Waals surface area (Å²) in [6.07, 6.45) is 0. The highest BCUT2D eigenvalue weighted by Crippen LogP contribution is 2.45. The van der Waals surface area contributed by atoms with Crippen molar-refractivity contribution in [2.75, 3.05) is 4.90 Å². The lowest BCUT2D eigenvalue weighted by atomic mass is 9.91. The van der Waals surface area contributed by atoms with E-state index < -0.39 is 0 Å². The van der Waals surface area contributed by atoms with Gasteiger partial charge < -0.3 is 9.32 Å². The molecule has 0 fully saturated rings. The zero-order valence-corrected chi connectivity index (χ0v) is 29.4. The molecule has 0 radical (unpaired) electrons. The van der Waals surface area contributed by atoms with E-state index in [2.05, 4.69) is 199 Å². The smallest absolute Gasteiger partial charge is 0.136 e. The fourth-order valence-corrected chi connectivity index (χ4v) is 8.44. The molecular formula is C52H33NO. The van der Waals surface area contributed by atoms with E-state index in [0.717, 1.165) is 33.6 Å². The molecule has 0 saturated heterocycles. The molecule has 11 aromatic rings. The zero-order chi connectivity index (χ0) is 35.6. The third-order valence-corrected chi connectivity index (χ3v) is 11.0. The minimum Gasteiger partial charge on any atom is -0.456 e. The van der Waals surface area contributed by atoms with Crippen LogP contribution in [0, 0.1) is 0 Å². The largest absolute Gasteiger partial charge is 0.456 e. The lowest BCUT2D eigenvalue weighted by molar-refractivity contribution is 0.669. The van der Waals surface area contributed by atoms with Crippen LogP contribution in [-0.4, -0.2) is 0 Å². The molecule has 252 valence electrons. The number of benzene rings is 10. The van der Waals surface area contributed by atoms with Crippen LogP contribution < -0.4 is 4.90 Å². The molecule has 1 aromatic heterocycles. The number of para-hydroxylation sites is 1. The summed E-state index contributed by atoms with van der Waals surface area (Å²) < 4.78 is 6.39. The number of nitrogens with zero attached hydrogens (tertiary/aromatic N) is 1. The molecule has 0 atom stereocenters. The van der Waals surface area contributed by atoms with Crippen molar-refractivity contribution in [3.63, 3.8) is 0 Å². The Bertz CT molecular complexity index is 3190. The first-order valence-corrected chi connectivity index (χ1v) is 18.5. The lowest BCUT2D eigenvalue weighted by Crippen LogP contribution is -2.10. The van der Waals surface area contributed by atoms with Gasteiger partial charge in [-0.15, -0.1) is 0 Å². The number of anilines is 3. The molecule has 0 aliphatic rings. The van der Waals surface area contributed by atoms with E-state index >= 15 is 0 Å². The number of fused-ring (bicyclic) bond motifs is 11. The first-order valence-electron chi connectivity index (χ1n) is 18.5. The van der Waals surface area contributed by atoms with E-state index in [4.69, 9.17) is 4.42 Å². The maximum atomic E-state index is 6.39. The van der Waals surface area contributed by atoms with Crippen molar-refractivity contribution in [1.29, 1.82) is 0 Å². The first kappa shape index (κ1) is 30.5. The third-order valence-electron chi connectivity index (χ3n) is 11.0. The average molecular weight is 688 g/mol. The minimum absolute atomic E-state index is 0.913. The lowest BCUT2D eigenvalue weighted by Gasteiger charge is -2.27. The Balaban J connectivity index is 1.10. The molecule has 11 rings (SSSR count). The molecule has 0 N–H and O–H groups in total. The van der Waals surface area contributed by atoms with E-state index in [1.54, 1.807) is 0 Å². The van der Waals surface area contributed by atoms with Gasteiger partial charge in [0.15, 0.2) is 0 Å². The molecule has 1 heterocycles.